The third-order valence-electron chi connectivity index (χ3n) is 4.30. The van der Waals surface area contributed by atoms with Crippen LogP contribution < -0.4 is 11.2 Å². The predicted octanol–water partition coefficient (Wildman–Crippen LogP) is 0.933. The van der Waals surface area contributed by atoms with Gasteiger partial charge in [-0.1, -0.05) is 0 Å². The summed E-state index contributed by atoms with van der Waals surface area (Å²) in [4.78, 5) is 10.5. The van der Waals surface area contributed by atoms with Gasteiger partial charge >= 0.3 is 6.03 Å². The molecule has 0 aliphatic heterocycles. The Kier molecular flexibility index (Phi) is 1.47. The van der Waals surface area contributed by atoms with Gasteiger partial charge in [-0.3, -0.25) is 0 Å². The van der Waals surface area contributed by atoms with Crippen LogP contribution in [-0.2, 0) is 0 Å². The second-order valence-electron chi connectivity index (χ2n) is 4.89. The second-order valence-corrected chi connectivity index (χ2v) is 4.89. The van der Waals surface area contributed by atoms with Crippen LogP contribution in [0.3, 0.4) is 0 Å². The summed E-state index contributed by atoms with van der Waals surface area (Å²) in [6, 6.07) is -0.568. The molecule has 3 N–H and O–H groups in total. The van der Waals surface area contributed by atoms with Gasteiger partial charge in [-0.15, -0.1) is 0 Å². The van der Waals surface area contributed by atoms with Crippen LogP contribution in [0.2, 0.25) is 0 Å². The number of nitrogens with zero attached hydrogens (tertiary/aromatic N) is 1. The number of hydrogen-bond acceptors (Lipinski definition) is 2. The predicted molar refractivity (Wildman–Crippen MR) is 52.5 cm³/mol. The van der Waals surface area contributed by atoms with Crippen LogP contribution in [0, 0.1) is 29.6 Å². The Bertz CT molecular complexity index is 311. The molecule has 0 aromatic heterocycles. The minimum atomic E-state index is -0.568. The van der Waals surface area contributed by atoms with Gasteiger partial charge in [-0.05, 0) is 43.4 Å². The molecule has 4 nitrogen and oxygen atoms in total. The number of hydrogen-bond donors (Lipinski definition) is 2. The molecule has 4 bridgehead atoms. The molecule has 5 atom stereocenters. The maximum atomic E-state index is 10.5. The summed E-state index contributed by atoms with van der Waals surface area (Å²) >= 11 is 0. The van der Waals surface area contributed by atoms with Crippen molar-refractivity contribution < 1.29 is 4.79 Å². The molecular formula is C10H15N3O. The Balaban J connectivity index is 1.72. The number of carbonyl (C=O) groups is 1. The molecule has 14 heavy (non-hydrogen) atoms. The van der Waals surface area contributed by atoms with Crippen LogP contribution in [0.5, 0.6) is 0 Å². The Morgan fingerprint density at radius 3 is 2.50 bits per heavy atom. The molecule has 4 aliphatic rings. The van der Waals surface area contributed by atoms with Gasteiger partial charge < -0.3 is 5.73 Å². The smallest absolute Gasteiger partial charge is 0.332 e. The summed E-state index contributed by atoms with van der Waals surface area (Å²) in [6.07, 6.45) is 2.78. The van der Waals surface area contributed by atoms with Crippen molar-refractivity contribution in [2.45, 2.75) is 19.8 Å². The van der Waals surface area contributed by atoms with Crippen molar-refractivity contribution in [3.05, 3.63) is 0 Å². The molecular weight excluding hydrogens is 178 g/mol. The average molecular weight is 193 g/mol. The highest BCUT2D eigenvalue weighted by molar-refractivity contribution is 5.87. The second kappa shape index (κ2) is 2.49. The van der Waals surface area contributed by atoms with Gasteiger partial charge in [-0.2, -0.15) is 5.10 Å². The van der Waals surface area contributed by atoms with Crippen LogP contribution in [0.15, 0.2) is 5.10 Å². The standard InChI is InChI=1S/C10H15N3O/c1-4(12-13-10(11)14)8-5-2-6-7(3-5)9(6)8/h5-9H,2-3H2,1H3,(H3,11,13,14)/b12-4+/t5?,6-,7?,8+,9?/m1/s1. The van der Waals surface area contributed by atoms with E-state index in [4.69, 9.17) is 5.73 Å². The fourth-order valence-electron chi connectivity index (χ4n) is 3.91. The fourth-order valence-corrected chi connectivity index (χ4v) is 3.91. The molecule has 0 heterocycles. The monoisotopic (exact) mass is 193 g/mol. The van der Waals surface area contributed by atoms with Crippen LogP contribution in [0.4, 0.5) is 4.79 Å². The number of amides is 2. The van der Waals surface area contributed by atoms with Crippen LogP contribution in [0.25, 0.3) is 0 Å². The van der Waals surface area contributed by atoms with Crippen molar-refractivity contribution >= 4 is 11.7 Å². The van der Waals surface area contributed by atoms with E-state index in [2.05, 4.69) is 10.5 Å². The topological polar surface area (TPSA) is 67.5 Å². The molecule has 4 fully saturated rings. The Hall–Kier alpha value is -1.06. The first-order valence-electron chi connectivity index (χ1n) is 5.28. The zero-order chi connectivity index (χ0) is 9.87. The van der Waals surface area contributed by atoms with Gasteiger partial charge in [0.05, 0.1) is 0 Å². The highest BCUT2D eigenvalue weighted by Gasteiger charge is 2.68. The maximum absolute atomic E-state index is 10.5. The SMILES string of the molecule is C/C(=N\NC(N)=O)[C@H]1C2CC3C1[C@@H]3C2. The highest BCUT2D eigenvalue weighted by Crippen LogP contribution is 2.73. The van der Waals surface area contributed by atoms with Crippen molar-refractivity contribution in [3.63, 3.8) is 0 Å². The third-order valence-corrected chi connectivity index (χ3v) is 4.30. The summed E-state index contributed by atoms with van der Waals surface area (Å²) in [5, 5.41) is 4.05. The van der Waals surface area contributed by atoms with E-state index in [-0.39, 0.29) is 0 Å². The van der Waals surface area contributed by atoms with Gasteiger partial charge in [0.15, 0.2) is 0 Å². The molecule has 4 rings (SSSR count). The molecule has 0 aromatic carbocycles. The van der Waals surface area contributed by atoms with E-state index >= 15 is 0 Å². The first kappa shape index (κ1) is 8.26. The highest BCUT2D eigenvalue weighted by atomic mass is 16.2. The molecule has 0 radical (unpaired) electrons. The normalized spacial score (nSPS) is 48.1. The molecule has 3 unspecified atom stereocenters. The molecule has 0 aromatic rings. The summed E-state index contributed by atoms with van der Waals surface area (Å²) in [6.45, 7) is 2.01. The van der Waals surface area contributed by atoms with Crippen molar-refractivity contribution in [2.75, 3.05) is 0 Å². The molecule has 4 heteroatoms. The summed E-state index contributed by atoms with van der Waals surface area (Å²) < 4.78 is 0. The minimum absolute atomic E-state index is 0.568. The minimum Gasteiger partial charge on any atom is -0.350 e. The molecule has 76 valence electrons. The molecule has 2 amide bonds. The molecule has 0 saturated heterocycles. The zero-order valence-corrected chi connectivity index (χ0v) is 8.23. The van der Waals surface area contributed by atoms with Crippen molar-refractivity contribution in [1.29, 1.82) is 0 Å². The average Bonchev–Trinajstić information content (AvgIpc) is 2.63. The number of rotatable bonds is 2. The lowest BCUT2D eigenvalue weighted by atomic mass is 9.94. The van der Waals surface area contributed by atoms with Crippen LogP contribution >= 0.6 is 0 Å². The van der Waals surface area contributed by atoms with Crippen LogP contribution in [0.1, 0.15) is 19.8 Å². The number of nitrogens with one attached hydrogen (secondary N) is 1. The quantitative estimate of drug-likeness (QED) is 0.497. The lowest BCUT2D eigenvalue weighted by molar-refractivity contribution is 0.249. The van der Waals surface area contributed by atoms with Gasteiger partial charge in [-0.25, -0.2) is 10.2 Å². The van der Waals surface area contributed by atoms with Gasteiger partial charge in [0.1, 0.15) is 0 Å². The lowest BCUT2D eigenvalue weighted by Gasteiger charge is -2.13. The fraction of sp³-hybridized carbons (Fsp3) is 0.800. The Morgan fingerprint density at radius 2 is 2.07 bits per heavy atom. The van der Waals surface area contributed by atoms with E-state index in [0.29, 0.717) is 5.92 Å². The number of primary amides is 1. The number of carbonyl (C=O) groups excluding carboxylic acids is 1. The van der Waals surface area contributed by atoms with E-state index in [1.54, 1.807) is 0 Å². The third kappa shape index (κ3) is 0.938. The molecule has 4 saturated carbocycles. The van der Waals surface area contributed by atoms with E-state index in [1.165, 1.54) is 12.8 Å². The number of urea groups is 1. The zero-order valence-electron chi connectivity index (χ0n) is 8.23. The first-order chi connectivity index (χ1) is 6.68. The van der Waals surface area contributed by atoms with Crippen LogP contribution in [-0.4, -0.2) is 11.7 Å². The van der Waals surface area contributed by atoms with Gasteiger partial charge in [0, 0.05) is 11.6 Å². The van der Waals surface area contributed by atoms with E-state index in [0.717, 1.165) is 29.4 Å². The van der Waals surface area contributed by atoms with E-state index in [9.17, 15) is 4.79 Å². The lowest BCUT2D eigenvalue weighted by Crippen LogP contribution is -2.27. The number of nitrogens with two attached hydrogens (primary N) is 1. The van der Waals surface area contributed by atoms with Gasteiger partial charge in [0.25, 0.3) is 0 Å². The summed E-state index contributed by atoms with van der Waals surface area (Å²) in [5.41, 5.74) is 8.37. The largest absolute Gasteiger partial charge is 0.350 e. The summed E-state index contributed by atoms with van der Waals surface area (Å²) in [7, 11) is 0. The molecule has 4 aliphatic carbocycles. The van der Waals surface area contributed by atoms with Crippen molar-refractivity contribution in [1.82, 2.24) is 5.43 Å². The van der Waals surface area contributed by atoms with Crippen molar-refractivity contribution in [3.8, 4) is 0 Å². The number of hydrazone groups is 1. The van der Waals surface area contributed by atoms with Crippen molar-refractivity contribution in [2.24, 2.45) is 40.4 Å². The first-order valence-corrected chi connectivity index (χ1v) is 5.28. The summed E-state index contributed by atoms with van der Waals surface area (Å²) in [5.74, 6) is 4.34. The van der Waals surface area contributed by atoms with E-state index in [1.807, 2.05) is 6.92 Å². The maximum Gasteiger partial charge on any atom is 0.332 e. The van der Waals surface area contributed by atoms with Gasteiger partial charge in [0.2, 0.25) is 0 Å². The Morgan fingerprint density at radius 1 is 1.43 bits per heavy atom. The van der Waals surface area contributed by atoms with E-state index < -0.39 is 6.03 Å². The molecule has 0 spiro atoms. The Labute approximate surface area is 82.9 Å².